The molecule has 0 bridgehead atoms. The van der Waals surface area contributed by atoms with Crippen molar-refractivity contribution in [2.45, 2.75) is 114 Å². The van der Waals surface area contributed by atoms with Crippen LogP contribution >= 0.6 is 23.2 Å². The van der Waals surface area contributed by atoms with Gasteiger partial charge in [0.1, 0.15) is 17.6 Å². The summed E-state index contributed by atoms with van der Waals surface area (Å²) in [4.78, 5) is 70.2. The van der Waals surface area contributed by atoms with Crippen LogP contribution in [0.1, 0.15) is 121 Å². The first kappa shape index (κ1) is 47.1. The van der Waals surface area contributed by atoms with Gasteiger partial charge >= 0.3 is 0 Å². The smallest absolute Gasteiger partial charge is 0.255 e. The van der Waals surface area contributed by atoms with E-state index in [-0.39, 0.29) is 65.5 Å². The summed E-state index contributed by atoms with van der Waals surface area (Å²) < 4.78 is 22.2. The number of fused-ring (bicyclic) bond motifs is 3. The van der Waals surface area contributed by atoms with E-state index in [1.807, 2.05) is 29.2 Å². The summed E-state index contributed by atoms with van der Waals surface area (Å²) >= 11 is 12.9. The molecule has 5 amide bonds. The van der Waals surface area contributed by atoms with Crippen LogP contribution in [0.25, 0.3) is 0 Å². The number of amides is 5. The zero-order chi connectivity index (χ0) is 48.1. The highest BCUT2D eigenvalue weighted by Gasteiger charge is 2.61. The average molecular weight is 962 g/mol. The van der Waals surface area contributed by atoms with Crippen molar-refractivity contribution >= 4 is 64.1 Å². The van der Waals surface area contributed by atoms with Crippen LogP contribution in [-0.2, 0) is 26.3 Å². The van der Waals surface area contributed by atoms with E-state index >= 15 is 4.39 Å². The summed E-state index contributed by atoms with van der Waals surface area (Å²) in [5.74, 6) is 4.00. The number of hydrogen-bond donors (Lipinski definition) is 4. The van der Waals surface area contributed by atoms with Crippen LogP contribution in [0, 0.1) is 23.1 Å². The minimum absolute atomic E-state index is 0.0282. The normalized spacial score (nSPS) is 24.2. The highest BCUT2D eigenvalue weighted by Crippen LogP contribution is 2.57. The molecule has 5 heterocycles. The number of hydrogen-bond acceptors (Lipinski definition) is 8. The molecule has 3 fully saturated rings. The molecule has 4 N–H and O–H groups in total. The number of halogens is 3. The van der Waals surface area contributed by atoms with Gasteiger partial charge in [0.05, 0.1) is 23.9 Å². The van der Waals surface area contributed by atoms with E-state index in [9.17, 15) is 24.0 Å². The van der Waals surface area contributed by atoms with Crippen molar-refractivity contribution < 1.29 is 33.1 Å². The Morgan fingerprint density at radius 2 is 1.81 bits per heavy atom. The van der Waals surface area contributed by atoms with Crippen LogP contribution in [-0.4, -0.2) is 83.7 Å². The van der Waals surface area contributed by atoms with Gasteiger partial charge in [-0.1, -0.05) is 80.1 Å². The quantitative estimate of drug-likeness (QED) is 0.0964. The predicted molar refractivity (Wildman–Crippen MR) is 259 cm³/mol. The van der Waals surface area contributed by atoms with Gasteiger partial charge < -0.3 is 30.5 Å². The van der Waals surface area contributed by atoms with Crippen molar-refractivity contribution in [2.24, 2.45) is 5.41 Å². The van der Waals surface area contributed by atoms with E-state index in [2.05, 4.69) is 53.9 Å². The van der Waals surface area contributed by atoms with Gasteiger partial charge in [-0.05, 0) is 109 Å². The number of methoxy groups -OCH3 is 1. The molecule has 9 rings (SSSR count). The van der Waals surface area contributed by atoms with Gasteiger partial charge in [-0.3, -0.25) is 29.3 Å². The molecule has 12 nitrogen and oxygen atoms in total. The molecule has 1 spiro atoms. The Kier molecular flexibility index (Phi) is 13.1. The fourth-order valence-electron chi connectivity index (χ4n) is 11.2. The molecule has 5 aliphatic heterocycles. The second-order valence-corrected chi connectivity index (χ2v) is 20.6. The summed E-state index contributed by atoms with van der Waals surface area (Å²) in [5.41, 5.74) is 3.97. The number of ether oxygens (including phenoxy) is 1. The van der Waals surface area contributed by atoms with Crippen molar-refractivity contribution in [1.29, 1.82) is 0 Å². The topological polar surface area (TPSA) is 149 Å². The number of imide groups is 1. The summed E-state index contributed by atoms with van der Waals surface area (Å²) in [5, 5.41) is 13.2. The Bertz CT molecular complexity index is 2780. The Hall–Kier alpha value is -5.94. The van der Waals surface area contributed by atoms with E-state index in [0.29, 0.717) is 71.1 Å². The lowest BCUT2D eigenvalue weighted by molar-refractivity contribution is -0.137. The number of nitrogens with one attached hydrogen (secondary N) is 4. The van der Waals surface area contributed by atoms with Gasteiger partial charge in [0.15, 0.2) is 0 Å². The van der Waals surface area contributed by atoms with Crippen molar-refractivity contribution in [1.82, 2.24) is 20.4 Å². The molecule has 0 aliphatic carbocycles. The third-order valence-electron chi connectivity index (χ3n) is 14.4. The largest absolute Gasteiger partial charge is 0.495 e. The van der Waals surface area contributed by atoms with E-state index in [0.717, 1.165) is 36.1 Å². The zero-order valence-electron chi connectivity index (χ0n) is 38.6. The second-order valence-electron chi connectivity index (χ2n) is 19.8. The first-order valence-corrected chi connectivity index (χ1v) is 24.1. The number of rotatable bonds is 9. The molecule has 68 heavy (non-hydrogen) atoms. The maximum absolute atomic E-state index is 16.4. The van der Waals surface area contributed by atoms with Gasteiger partial charge in [-0.25, -0.2) is 4.39 Å². The molecule has 6 atom stereocenters. The fourth-order valence-corrected chi connectivity index (χ4v) is 11.6. The molecular formula is C53H55Cl2FN6O6. The van der Waals surface area contributed by atoms with Gasteiger partial charge in [0, 0.05) is 83.3 Å². The van der Waals surface area contributed by atoms with Crippen LogP contribution in [0.2, 0.25) is 10.0 Å². The van der Waals surface area contributed by atoms with Crippen molar-refractivity contribution in [3.05, 3.63) is 122 Å². The number of likely N-dealkylation sites (tertiary alicyclic amines) is 1. The van der Waals surface area contributed by atoms with Crippen molar-refractivity contribution in [2.75, 3.05) is 30.8 Å². The Morgan fingerprint density at radius 1 is 1.00 bits per heavy atom. The van der Waals surface area contributed by atoms with E-state index < -0.39 is 35.1 Å². The minimum Gasteiger partial charge on any atom is -0.495 e. The highest BCUT2D eigenvalue weighted by molar-refractivity contribution is 6.31. The molecule has 0 radical (unpaired) electrons. The minimum atomic E-state index is -0.903. The monoisotopic (exact) mass is 960 g/mol. The lowest BCUT2D eigenvalue weighted by Gasteiger charge is -2.39. The van der Waals surface area contributed by atoms with Crippen LogP contribution in [0.15, 0.2) is 72.8 Å². The Morgan fingerprint density at radius 3 is 2.59 bits per heavy atom. The molecule has 4 aromatic carbocycles. The summed E-state index contributed by atoms with van der Waals surface area (Å²) in [6.07, 6.45) is 4.96. The summed E-state index contributed by atoms with van der Waals surface area (Å²) in [6.45, 7) is 7.70. The first-order chi connectivity index (χ1) is 32.6. The van der Waals surface area contributed by atoms with Crippen LogP contribution in [0.4, 0.5) is 15.8 Å². The van der Waals surface area contributed by atoms with Gasteiger partial charge in [0.2, 0.25) is 17.7 Å². The second kappa shape index (κ2) is 18.9. The van der Waals surface area contributed by atoms with E-state index in [1.165, 1.54) is 18.1 Å². The number of nitrogens with zero attached hydrogens (tertiary/aromatic N) is 2. The number of carbonyl (C=O) groups is 5. The van der Waals surface area contributed by atoms with Gasteiger partial charge in [-0.2, -0.15) is 0 Å². The lowest BCUT2D eigenvalue weighted by Crippen LogP contribution is -2.52. The van der Waals surface area contributed by atoms with E-state index in [4.69, 9.17) is 27.9 Å². The third kappa shape index (κ3) is 8.83. The van der Waals surface area contributed by atoms with Crippen LogP contribution in [0.3, 0.4) is 0 Å². The Balaban J connectivity index is 0.922. The molecule has 354 valence electrons. The first-order valence-electron chi connectivity index (χ1n) is 23.4. The summed E-state index contributed by atoms with van der Waals surface area (Å²) in [7, 11) is 1.49. The molecular weight excluding hydrogens is 907 g/mol. The average Bonchev–Trinajstić information content (AvgIpc) is 3.96. The molecule has 0 unspecified atom stereocenters. The fraction of sp³-hybridized carbons (Fsp3) is 0.415. The lowest BCUT2D eigenvalue weighted by atomic mass is 9.63. The molecule has 4 aromatic rings. The maximum Gasteiger partial charge on any atom is 0.255 e. The van der Waals surface area contributed by atoms with Crippen LogP contribution < -0.4 is 26.0 Å². The molecule has 0 saturated carbocycles. The van der Waals surface area contributed by atoms with Gasteiger partial charge in [0.25, 0.3) is 11.8 Å². The zero-order valence-corrected chi connectivity index (χ0v) is 40.1. The predicted octanol–water partition coefficient (Wildman–Crippen LogP) is 8.59. The molecule has 0 aromatic heterocycles. The number of benzene rings is 4. The highest BCUT2D eigenvalue weighted by atomic mass is 35.5. The molecule has 3 saturated heterocycles. The van der Waals surface area contributed by atoms with Crippen molar-refractivity contribution in [3.8, 4) is 17.6 Å². The SMILES string of the molecule is COc1cc(C(=O)N2CCCC[C@H]2CCC#Cc2cccc3c2CN([C@H]2CCC(=O)NC2=O)C3=O)ccc1NC(=O)[C@@H]1N[C@@H](CC(C)(C)C)[C@@]2(CNc3cc(Cl)ccc32)[C@H]1c1cccc(Cl)c1F. The summed E-state index contributed by atoms with van der Waals surface area (Å²) in [6, 6.07) is 19.1. The molecule has 15 heteroatoms. The Labute approximate surface area is 406 Å². The van der Waals surface area contributed by atoms with Gasteiger partial charge in [-0.15, -0.1) is 0 Å². The van der Waals surface area contributed by atoms with E-state index in [1.54, 1.807) is 42.5 Å². The van der Waals surface area contributed by atoms with Crippen molar-refractivity contribution in [3.63, 3.8) is 0 Å². The van der Waals surface area contributed by atoms with Crippen LogP contribution in [0.5, 0.6) is 5.75 Å². The molecule has 5 aliphatic rings. The number of anilines is 2. The maximum atomic E-state index is 16.4. The third-order valence-corrected chi connectivity index (χ3v) is 14.9. The number of piperidine rings is 2. The standard InChI is InChI=1S/C53H55Cl2FN6O6/c1-52(2,3)27-43-53(29-57-40-26-32(54)19-20-37(40)53)45(35-16-10-17-38(55)46(35)56)47(59-43)49(65)58-39-21-18-31(25-42(39)68-4)50(66)61-24-8-7-14-33(61)13-6-5-11-30-12-9-15-34-36(30)28-62(51(34)67)41-22-23-44(63)60-48(41)64/h9-10,12,15-21,25-26,33,41,43,45,47,57,59H,6-8,13-14,22-24,27-29H2,1-4H3,(H,58,65)(H,60,63,64)/t33-,41+,43+,45+,47-,53+/m1/s1. The number of carbonyl (C=O) groups excluding carboxylic acids is 5.